The Hall–Kier alpha value is -2.50. The molecule has 0 radical (unpaired) electrons. The van der Waals surface area contributed by atoms with Crippen LogP contribution in [0.3, 0.4) is 0 Å². The normalized spacial score (nSPS) is 12.1. The van der Waals surface area contributed by atoms with Crippen LogP contribution < -0.4 is 0 Å². The molecule has 0 bridgehead atoms. The summed E-state index contributed by atoms with van der Waals surface area (Å²) in [7, 11) is 0. The minimum atomic E-state index is 0.235. The lowest BCUT2D eigenvalue weighted by Gasteiger charge is -2.15. The summed E-state index contributed by atoms with van der Waals surface area (Å²) < 4.78 is 3.90. The van der Waals surface area contributed by atoms with E-state index in [1.54, 1.807) is 0 Å². The third kappa shape index (κ3) is 7.11. The van der Waals surface area contributed by atoms with E-state index in [2.05, 4.69) is 91.9 Å². The van der Waals surface area contributed by atoms with E-state index < -0.39 is 0 Å². The average Bonchev–Trinajstić information content (AvgIpc) is 3.26. The first kappa shape index (κ1) is 21.2. The molecule has 0 saturated heterocycles. The fraction of sp³-hybridized carbons (Fsp3) is 0.565. The van der Waals surface area contributed by atoms with Crippen molar-refractivity contribution in [2.75, 3.05) is 0 Å². The second-order valence-corrected chi connectivity index (χ2v) is 9.60. The van der Waals surface area contributed by atoms with Gasteiger partial charge in [0.25, 0.3) is 0 Å². The second kappa shape index (κ2) is 9.33. The minimum Gasteiger partial charge on any atom is -0.252 e. The van der Waals surface area contributed by atoms with E-state index in [4.69, 9.17) is 0 Å². The van der Waals surface area contributed by atoms with E-state index in [9.17, 15) is 0 Å². The molecule has 3 rings (SSSR count). The number of aryl methyl sites for hydroxylation is 4. The fourth-order valence-corrected chi connectivity index (χ4v) is 3.39. The van der Waals surface area contributed by atoms with E-state index in [0.717, 1.165) is 50.2 Å². The first-order valence-corrected chi connectivity index (χ1v) is 10.6. The number of benzene rings is 1. The van der Waals surface area contributed by atoms with Crippen LogP contribution in [-0.2, 0) is 38.8 Å². The third-order valence-electron chi connectivity index (χ3n) is 4.78. The lowest BCUT2D eigenvalue weighted by molar-refractivity contribution is 0.406. The summed E-state index contributed by atoms with van der Waals surface area (Å²) in [6.07, 6.45) is 8.00. The van der Waals surface area contributed by atoms with Gasteiger partial charge in [0.1, 0.15) is 0 Å². The molecule has 0 aliphatic heterocycles. The summed E-state index contributed by atoms with van der Waals surface area (Å²) >= 11 is 0. The van der Waals surface area contributed by atoms with Gasteiger partial charge in [0.15, 0.2) is 0 Å². The van der Waals surface area contributed by atoms with Gasteiger partial charge >= 0.3 is 0 Å². The highest BCUT2D eigenvalue weighted by Gasteiger charge is 2.13. The zero-order valence-corrected chi connectivity index (χ0v) is 18.5. The fourth-order valence-electron chi connectivity index (χ4n) is 3.39. The molecule has 0 aliphatic rings. The number of nitrogens with zero attached hydrogens (tertiary/aromatic N) is 6. The van der Waals surface area contributed by atoms with Crippen LogP contribution in [0.1, 0.15) is 57.1 Å². The number of hydrogen-bond donors (Lipinski definition) is 0. The monoisotopic (exact) mass is 394 g/mol. The standard InChI is InChI=1S/C23H34N6/c1-18(2)14-21-16-28(26-24-21)12-10-19-6-8-20(9-7-19)11-13-29-17-22(25-27-29)15-23(3,4)5/h6-9,16-18H,10-15H2,1-5H3. The molecule has 156 valence electrons. The van der Waals surface area contributed by atoms with E-state index in [1.807, 2.05) is 9.36 Å². The summed E-state index contributed by atoms with van der Waals surface area (Å²) in [5, 5.41) is 17.1. The second-order valence-electron chi connectivity index (χ2n) is 9.60. The van der Waals surface area contributed by atoms with Crippen molar-refractivity contribution in [2.45, 2.75) is 73.4 Å². The zero-order chi connectivity index (χ0) is 20.9. The van der Waals surface area contributed by atoms with Crippen LogP contribution in [0.4, 0.5) is 0 Å². The smallest absolute Gasteiger partial charge is 0.0832 e. The first-order chi connectivity index (χ1) is 13.8. The third-order valence-corrected chi connectivity index (χ3v) is 4.78. The summed E-state index contributed by atoms with van der Waals surface area (Å²) in [6.45, 7) is 12.8. The molecule has 0 fully saturated rings. The van der Waals surface area contributed by atoms with Crippen molar-refractivity contribution >= 4 is 0 Å². The minimum absolute atomic E-state index is 0.235. The Labute approximate surface area is 174 Å². The molecule has 6 heteroatoms. The van der Waals surface area contributed by atoms with Crippen LogP contribution in [0.5, 0.6) is 0 Å². The Morgan fingerprint density at radius 1 is 0.793 bits per heavy atom. The molecule has 0 aliphatic carbocycles. The van der Waals surface area contributed by atoms with Crippen LogP contribution >= 0.6 is 0 Å². The Morgan fingerprint density at radius 3 is 1.76 bits per heavy atom. The van der Waals surface area contributed by atoms with E-state index in [1.165, 1.54) is 11.1 Å². The molecule has 0 unspecified atom stereocenters. The van der Waals surface area contributed by atoms with E-state index in [-0.39, 0.29) is 5.41 Å². The van der Waals surface area contributed by atoms with Gasteiger partial charge in [-0.25, -0.2) is 0 Å². The summed E-state index contributed by atoms with van der Waals surface area (Å²) in [6, 6.07) is 8.86. The maximum absolute atomic E-state index is 4.30. The molecular weight excluding hydrogens is 360 g/mol. The van der Waals surface area contributed by atoms with Gasteiger partial charge in [-0.15, -0.1) is 10.2 Å². The van der Waals surface area contributed by atoms with Crippen molar-refractivity contribution in [1.82, 2.24) is 30.0 Å². The highest BCUT2D eigenvalue weighted by Crippen LogP contribution is 2.18. The lowest BCUT2D eigenvalue weighted by atomic mass is 9.91. The molecule has 0 amide bonds. The molecule has 2 heterocycles. The Morgan fingerprint density at radius 2 is 1.28 bits per heavy atom. The zero-order valence-electron chi connectivity index (χ0n) is 18.5. The number of rotatable bonds is 9. The number of hydrogen-bond acceptors (Lipinski definition) is 4. The van der Waals surface area contributed by atoms with Crippen molar-refractivity contribution < 1.29 is 0 Å². The molecule has 1 aromatic carbocycles. The highest BCUT2D eigenvalue weighted by molar-refractivity contribution is 5.22. The summed E-state index contributed by atoms with van der Waals surface area (Å²) in [5.74, 6) is 0.607. The van der Waals surface area contributed by atoms with Crippen LogP contribution in [0.2, 0.25) is 0 Å². The molecule has 0 saturated carbocycles. The molecule has 0 spiro atoms. The van der Waals surface area contributed by atoms with Gasteiger partial charge in [-0.05, 0) is 48.1 Å². The van der Waals surface area contributed by atoms with Gasteiger partial charge in [0.2, 0.25) is 0 Å². The largest absolute Gasteiger partial charge is 0.252 e. The van der Waals surface area contributed by atoms with Crippen LogP contribution in [0.25, 0.3) is 0 Å². The highest BCUT2D eigenvalue weighted by atomic mass is 15.4. The molecular formula is C23H34N6. The Balaban J connectivity index is 1.46. The quantitative estimate of drug-likeness (QED) is 0.547. The topological polar surface area (TPSA) is 61.4 Å². The SMILES string of the molecule is CC(C)Cc1cn(CCc2ccc(CCn3cc(CC(C)(C)C)nn3)cc2)nn1. The van der Waals surface area contributed by atoms with E-state index >= 15 is 0 Å². The van der Waals surface area contributed by atoms with Crippen molar-refractivity contribution in [2.24, 2.45) is 11.3 Å². The predicted molar refractivity (Wildman–Crippen MR) is 116 cm³/mol. The number of aromatic nitrogens is 6. The summed E-state index contributed by atoms with van der Waals surface area (Å²) in [4.78, 5) is 0. The Kier molecular flexibility index (Phi) is 6.83. The average molecular weight is 395 g/mol. The van der Waals surface area contributed by atoms with Crippen LogP contribution in [-0.4, -0.2) is 30.0 Å². The summed E-state index contributed by atoms with van der Waals surface area (Å²) in [5.41, 5.74) is 5.02. The maximum atomic E-state index is 4.30. The van der Waals surface area contributed by atoms with Crippen LogP contribution in [0.15, 0.2) is 36.7 Å². The van der Waals surface area contributed by atoms with Gasteiger partial charge in [-0.3, -0.25) is 9.36 Å². The van der Waals surface area contributed by atoms with Gasteiger partial charge < -0.3 is 0 Å². The molecule has 6 nitrogen and oxygen atoms in total. The molecule has 0 N–H and O–H groups in total. The van der Waals surface area contributed by atoms with Gasteiger partial charge in [-0.2, -0.15) is 0 Å². The molecule has 3 aromatic rings. The van der Waals surface area contributed by atoms with Crippen molar-refractivity contribution in [3.63, 3.8) is 0 Å². The van der Waals surface area contributed by atoms with Crippen molar-refractivity contribution in [1.29, 1.82) is 0 Å². The first-order valence-electron chi connectivity index (χ1n) is 10.6. The lowest BCUT2D eigenvalue weighted by Crippen LogP contribution is -2.09. The Bertz CT molecular complexity index is 883. The van der Waals surface area contributed by atoms with Gasteiger partial charge in [0, 0.05) is 25.5 Å². The van der Waals surface area contributed by atoms with E-state index in [0.29, 0.717) is 5.92 Å². The van der Waals surface area contributed by atoms with Gasteiger partial charge in [0.05, 0.1) is 11.4 Å². The molecule has 0 atom stereocenters. The molecule has 2 aromatic heterocycles. The van der Waals surface area contributed by atoms with Crippen molar-refractivity contribution in [3.05, 3.63) is 59.2 Å². The maximum Gasteiger partial charge on any atom is 0.0832 e. The predicted octanol–water partition coefficient (Wildman–Crippen LogP) is 4.14. The van der Waals surface area contributed by atoms with Crippen molar-refractivity contribution in [3.8, 4) is 0 Å². The molecule has 29 heavy (non-hydrogen) atoms. The van der Waals surface area contributed by atoms with Gasteiger partial charge in [-0.1, -0.05) is 69.3 Å². The van der Waals surface area contributed by atoms with Crippen LogP contribution in [0, 0.1) is 11.3 Å².